The van der Waals surface area contributed by atoms with Gasteiger partial charge in [0.25, 0.3) is 0 Å². The van der Waals surface area contributed by atoms with E-state index >= 15 is 0 Å². The van der Waals surface area contributed by atoms with E-state index in [1.54, 1.807) is 23.1 Å². The quantitative estimate of drug-likeness (QED) is 0.840. The Kier molecular flexibility index (Phi) is 4.93. The first-order valence-electron chi connectivity index (χ1n) is 8.59. The minimum absolute atomic E-state index is 0.0105. The van der Waals surface area contributed by atoms with Crippen LogP contribution in [-0.4, -0.2) is 35.2 Å². The number of likely N-dealkylation sites (tertiary alicyclic amines) is 1. The summed E-state index contributed by atoms with van der Waals surface area (Å²) in [6.07, 6.45) is 1.88. The zero-order valence-corrected chi connectivity index (χ0v) is 14.9. The summed E-state index contributed by atoms with van der Waals surface area (Å²) in [4.78, 5) is 28.5. The lowest BCUT2D eigenvalue weighted by molar-refractivity contribution is -0.136. The molecule has 1 aromatic heterocycles. The van der Waals surface area contributed by atoms with Crippen LogP contribution < -0.4 is 0 Å². The van der Waals surface area contributed by atoms with Crippen LogP contribution in [-0.2, 0) is 16.1 Å². The molecule has 1 aliphatic rings. The number of carbonyl (C=O) groups excluding carboxylic acids is 2. The van der Waals surface area contributed by atoms with Gasteiger partial charge in [-0.3, -0.25) is 9.59 Å². The molecule has 2 amide bonds. The molecule has 25 heavy (non-hydrogen) atoms. The lowest BCUT2D eigenvalue weighted by Crippen LogP contribution is -2.36. The molecule has 5 heteroatoms. The van der Waals surface area contributed by atoms with Crippen LogP contribution in [0.5, 0.6) is 0 Å². The van der Waals surface area contributed by atoms with Gasteiger partial charge in [-0.25, -0.2) is 0 Å². The van der Waals surface area contributed by atoms with Crippen molar-refractivity contribution < 1.29 is 14.0 Å². The third-order valence-electron chi connectivity index (χ3n) is 4.94. The molecule has 2 atom stereocenters. The van der Waals surface area contributed by atoms with E-state index in [9.17, 15) is 9.59 Å². The number of hydrogen-bond donors (Lipinski definition) is 0. The Morgan fingerprint density at radius 2 is 2.04 bits per heavy atom. The van der Waals surface area contributed by atoms with Gasteiger partial charge in [-0.15, -0.1) is 0 Å². The van der Waals surface area contributed by atoms with Crippen LogP contribution in [0.15, 0.2) is 47.1 Å². The first-order chi connectivity index (χ1) is 12.0. The van der Waals surface area contributed by atoms with E-state index in [0.717, 1.165) is 11.3 Å². The Labute approximate surface area is 148 Å². The number of aryl methyl sites for hydroxylation is 1. The van der Waals surface area contributed by atoms with Gasteiger partial charge in [-0.1, -0.05) is 29.8 Å². The minimum atomic E-state index is -0.291. The van der Waals surface area contributed by atoms with E-state index in [2.05, 4.69) is 0 Å². The molecule has 132 valence electrons. The lowest BCUT2D eigenvalue weighted by atomic mass is 10.1. The monoisotopic (exact) mass is 340 g/mol. The third kappa shape index (κ3) is 3.76. The molecule has 2 unspecified atom stereocenters. The van der Waals surface area contributed by atoms with Gasteiger partial charge in [0, 0.05) is 26.6 Å². The molecule has 0 bridgehead atoms. The summed E-state index contributed by atoms with van der Waals surface area (Å²) < 4.78 is 5.39. The predicted molar refractivity (Wildman–Crippen MR) is 94.6 cm³/mol. The van der Waals surface area contributed by atoms with Crippen molar-refractivity contribution >= 4 is 11.8 Å². The maximum atomic E-state index is 12.8. The topological polar surface area (TPSA) is 53.8 Å². The van der Waals surface area contributed by atoms with Gasteiger partial charge in [0.1, 0.15) is 5.76 Å². The lowest BCUT2D eigenvalue weighted by Gasteiger charge is -2.26. The zero-order valence-electron chi connectivity index (χ0n) is 14.9. The van der Waals surface area contributed by atoms with Crippen LogP contribution in [0.2, 0.25) is 0 Å². The van der Waals surface area contributed by atoms with E-state index in [4.69, 9.17) is 4.42 Å². The predicted octanol–water partition coefficient (Wildman–Crippen LogP) is 3.16. The Balaban J connectivity index is 1.63. The maximum absolute atomic E-state index is 12.8. The molecule has 0 radical (unpaired) electrons. The van der Waals surface area contributed by atoms with Crippen molar-refractivity contribution in [3.8, 4) is 0 Å². The maximum Gasteiger partial charge on any atom is 0.228 e. The molecule has 3 rings (SSSR count). The van der Waals surface area contributed by atoms with Crippen LogP contribution >= 0.6 is 0 Å². The first-order valence-corrected chi connectivity index (χ1v) is 8.59. The highest BCUT2D eigenvalue weighted by atomic mass is 16.3. The number of nitrogens with zero attached hydrogens (tertiary/aromatic N) is 2. The molecule has 1 fully saturated rings. The summed E-state index contributed by atoms with van der Waals surface area (Å²) in [5, 5.41) is 0. The number of hydrogen-bond acceptors (Lipinski definition) is 3. The van der Waals surface area contributed by atoms with Crippen molar-refractivity contribution in [2.75, 3.05) is 13.6 Å². The van der Waals surface area contributed by atoms with E-state index < -0.39 is 0 Å². The van der Waals surface area contributed by atoms with Gasteiger partial charge < -0.3 is 14.2 Å². The van der Waals surface area contributed by atoms with Gasteiger partial charge in [0.15, 0.2) is 0 Å². The largest absolute Gasteiger partial charge is 0.467 e. The van der Waals surface area contributed by atoms with Crippen molar-refractivity contribution in [2.45, 2.75) is 32.9 Å². The molecule has 0 spiro atoms. The van der Waals surface area contributed by atoms with Crippen LogP contribution in [0, 0.1) is 12.8 Å². The fourth-order valence-electron chi connectivity index (χ4n) is 3.20. The third-order valence-corrected chi connectivity index (χ3v) is 4.94. The second kappa shape index (κ2) is 7.13. The van der Waals surface area contributed by atoms with Gasteiger partial charge in [0.05, 0.1) is 18.2 Å². The highest BCUT2D eigenvalue weighted by molar-refractivity contribution is 5.89. The molecule has 0 saturated carbocycles. The number of amides is 2. The van der Waals surface area contributed by atoms with E-state index in [-0.39, 0.29) is 30.2 Å². The summed E-state index contributed by atoms with van der Waals surface area (Å²) in [6.45, 7) is 4.99. The molecule has 1 saturated heterocycles. The Hall–Kier alpha value is -2.56. The molecule has 0 aliphatic carbocycles. The summed E-state index contributed by atoms with van der Waals surface area (Å²) in [5.74, 6) is 0.485. The minimum Gasteiger partial charge on any atom is -0.467 e. The van der Waals surface area contributed by atoms with E-state index in [0.29, 0.717) is 13.1 Å². The molecule has 5 nitrogen and oxygen atoms in total. The van der Waals surface area contributed by atoms with Crippen molar-refractivity contribution in [3.63, 3.8) is 0 Å². The van der Waals surface area contributed by atoms with E-state index in [1.807, 2.05) is 50.2 Å². The second-order valence-electron chi connectivity index (χ2n) is 6.80. The molecule has 2 aromatic rings. The molecule has 1 aliphatic heterocycles. The van der Waals surface area contributed by atoms with Gasteiger partial charge in [0.2, 0.25) is 11.8 Å². The van der Waals surface area contributed by atoms with Crippen molar-refractivity contribution in [3.05, 3.63) is 59.5 Å². The van der Waals surface area contributed by atoms with Crippen LogP contribution in [0.4, 0.5) is 0 Å². The molecular formula is C20H24N2O3. The summed E-state index contributed by atoms with van der Waals surface area (Å²) in [5.41, 5.74) is 2.28. The van der Waals surface area contributed by atoms with Crippen LogP contribution in [0.25, 0.3) is 0 Å². The summed E-state index contributed by atoms with van der Waals surface area (Å²) >= 11 is 0. The molecular weight excluding hydrogens is 316 g/mol. The molecule has 1 aromatic carbocycles. The molecule has 0 N–H and O–H groups in total. The van der Waals surface area contributed by atoms with Crippen LogP contribution in [0.1, 0.15) is 36.3 Å². The fourth-order valence-corrected chi connectivity index (χ4v) is 3.20. The fraction of sp³-hybridized carbons (Fsp3) is 0.400. The molecule has 2 heterocycles. The SMILES string of the molecule is Cc1ccc(CN2CC(C(=O)N(C)C(C)c3ccco3)CC2=O)cc1. The van der Waals surface area contributed by atoms with Crippen LogP contribution in [0.3, 0.4) is 0 Å². The van der Waals surface area contributed by atoms with Crippen molar-refractivity contribution in [2.24, 2.45) is 5.92 Å². The Morgan fingerprint density at radius 1 is 1.32 bits per heavy atom. The Morgan fingerprint density at radius 3 is 2.68 bits per heavy atom. The number of carbonyl (C=O) groups is 2. The average molecular weight is 340 g/mol. The average Bonchev–Trinajstić information content (AvgIpc) is 3.25. The number of benzene rings is 1. The van der Waals surface area contributed by atoms with Crippen molar-refractivity contribution in [1.29, 1.82) is 0 Å². The smallest absolute Gasteiger partial charge is 0.228 e. The highest BCUT2D eigenvalue weighted by Gasteiger charge is 2.37. The summed E-state index contributed by atoms with van der Waals surface area (Å²) in [6, 6.07) is 11.7. The summed E-state index contributed by atoms with van der Waals surface area (Å²) in [7, 11) is 1.77. The Bertz CT molecular complexity index is 737. The number of furan rings is 1. The van der Waals surface area contributed by atoms with Gasteiger partial charge in [-0.2, -0.15) is 0 Å². The normalized spacial score (nSPS) is 18.4. The van der Waals surface area contributed by atoms with Gasteiger partial charge >= 0.3 is 0 Å². The zero-order chi connectivity index (χ0) is 18.0. The first kappa shape index (κ1) is 17.3. The van der Waals surface area contributed by atoms with Crippen molar-refractivity contribution in [1.82, 2.24) is 9.80 Å². The second-order valence-corrected chi connectivity index (χ2v) is 6.80. The van der Waals surface area contributed by atoms with Gasteiger partial charge in [-0.05, 0) is 31.5 Å². The highest BCUT2D eigenvalue weighted by Crippen LogP contribution is 2.26. The van der Waals surface area contributed by atoms with E-state index in [1.165, 1.54) is 5.56 Å². The number of rotatable bonds is 5. The standard InChI is InChI=1S/C20H24N2O3/c1-14-6-8-16(9-7-14)12-22-13-17(11-19(22)23)20(24)21(3)15(2)18-5-4-10-25-18/h4-10,15,17H,11-13H2,1-3H3.